The number of hydrogen-bond donors (Lipinski definition) is 2. The summed E-state index contributed by atoms with van der Waals surface area (Å²) in [4.78, 5) is 24.8. The molecule has 29 heavy (non-hydrogen) atoms. The Labute approximate surface area is 181 Å². The molecule has 0 aliphatic rings. The Morgan fingerprint density at radius 1 is 1.00 bits per heavy atom. The number of amides is 2. The molecule has 0 radical (unpaired) electrons. The van der Waals surface area contributed by atoms with E-state index in [9.17, 15) is 9.59 Å². The molecule has 2 aromatic carbocycles. The first-order valence-corrected chi connectivity index (χ1v) is 9.60. The summed E-state index contributed by atoms with van der Waals surface area (Å²) in [6, 6.07) is 9.99. The predicted octanol–water partition coefficient (Wildman–Crippen LogP) is 4.75. The van der Waals surface area contributed by atoms with E-state index in [0.29, 0.717) is 32.1 Å². The van der Waals surface area contributed by atoms with Gasteiger partial charge < -0.3 is 10.6 Å². The Bertz CT molecular complexity index is 1080. The Hall–Kier alpha value is -2.61. The Morgan fingerprint density at radius 2 is 1.69 bits per heavy atom. The van der Waals surface area contributed by atoms with Crippen LogP contribution in [0.3, 0.4) is 0 Å². The molecule has 0 bridgehead atoms. The van der Waals surface area contributed by atoms with Crippen LogP contribution < -0.4 is 10.6 Å². The average Bonchev–Trinajstić information content (AvgIpc) is 2.97. The van der Waals surface area contributed by atoms with E-state index in [0.717, 1.165) is 5.56 Å². The molecule has 0 saturated heterocycles. The van der Waals surface area contributed by atoms with Crippen LogP contribution in [0.2, 0.25) is 15.1 Å². The fourth-order valence-corrected chi connectivity index (χ4v) is 3.39. The Balaban J connectivity index is 1.69. The monoisotopic (exact) mass is 451 g/mol. The molecule has 2 N–H and O–H groups in total. The molecule has 0 saturated carbocycles. The number of halogens is 3. The first kappa shape index (κ1) is 21.1. The molecule has 3 rings (SSSR count). The van der Waals surface area contributed by atoms with Gasteiger partial charge in [0.25, 0.3) is 5.91 Å². The van der Waals surface area contributed by atoms with Crippen LogP contribution in [0.15, 0.2) is 36.4 Å². The van der Waals surface area contributed by atoms with Crippen molar-refractivity contribution in [1.29, 1.82) is 0 Å². The van der Waals surface area contributed by atoms with Gasteiger partial charge in [0.2, 0.25) is 5.91 Å². The van der Waals surface area contributed by atoms with Gasteiger partial charge in [-0.15, -0.1) is 5.10 Å². The van der Waals surface area contributed by atoms with Crippen molar-refractivity contribution in [3.8, 4) is 0 Å². The second-order valence-corrected chi connectivity index (χ2v) is 7.60. The van der Waals surface area contributed by atoms with Crippen molar-refractivity contribution in [2.24, 2.45) is 0 Å². The lowest BCUT2D eigenvalue weighted by molar-refractivity contribution is -0.117. The number of aromatic nitrogens is 3. The van der Waals surface area contributed by atoms with Crippen LogP contribution in [-0.4, -0.2) is 26.8 Å². The number of carbonyl (C=O) groups is 2. The number of nitrogens with zero attached hydrogens (tertiary/aromatic N) is 3. The topological polar surface area (TPSA) is 88.9 Å². The first-order valence-electron chi connectivity index (χ1n) is 8.46. The number of rotatable bonds is 5. The number of aryl methyl sites for hydroxylation is 1. The van der Waals surface area contributed by atoms with E-state index in [2.05, 4.69) is 20.9 Å². The second kappa shape index (κ2) is 8.82. The molecule has 0 aliphatic carbocycles. The molecule has 0 aliphatic heterocycles. The van der Waals surface area contributed by atoms with Crippen LogP contribution in [0.4, 0.5) is 11.4 Å². The summed E-state index contributed by atoms with van der Waals surface area (Å²) < 4.78 is 1.33. The maximum atomic E-state index is 12.5. The number of carbonyl (C=O) groups excluding carboxylic acids is 2. The fourth-order valence-electron chi connectivity index (χ4n) is 2.58. The highest BCUT2D eigenvalue weighted by atomic mass is 35.5. The third kappa shape index (κ3) is 5.26. The smallest absolute Gasteiger partial charge is 0.278 e. The average molecular weight is 453 g/mol. The highest BCUT2D eigenvalue weighted by Crippen LogP contribution is 2.24. The van der Waals surface area contributed by atoms with E-state index in [-0.39, 0.29) is 18.1 Å². The lowest BCUT2D eigenvalue weighted by Crippen LogP contribution is -2.21. The zero-order valence-corrected chi connectivity index (χ0v) is 17.7. The quantitative estimate of drug-likeness (QED) is 0.585. The van der Waals surface area contributed by atoms with Crippen molar-refractivity contribution < 1.29 is 9.59 Å². The van der Waals surface area contributed by atoms with Gasteiger partial charge in [-0.05, 0) is 49.7 Å². The molecule has 0 fully saturated rings. The van der Waals surface area contributed by atoms with Gasteiger partial charge in [0, 0.05) is 15.7 Å². The molecule has 0 spiro atoms. The minimum Gasteiger partial charge on any atom is -0.323 e. The maximum absolute atomic E-state index is 12.5. The number of hydrogen-bond acceptors (Lipinski definition) is 4. The van der Waals surface area contributed by atoms with Gasteiger partial charge in [-0.1, -0.05) is 46.1 Å². The van der Waals surface area contributed by atoms with Crippen molar-refractivity contribution in [2.75, 3.05) is 10.6 Å². The minimum absolute atomic E-state index is 0.0854. The van der Waals surface area contributed by atoms with Crippen molar-refractivity contribution in [3.05, 3.63) is 68.4 Å². The van der Waals surface area contributed by atoms with Crippen LogP contribution in [0, 0.1) is 13.8 Å². The Morgan fingerprint density at radius 3 is 2.34 bits per heavy atom. The van der Waals surface area contributed by atoms with E-state index < -0.39 is 5.91 Å². The van der Waals surface area contributed by atoms with Crippen molar-refractivity contribution in [3.63, 3.8) is 0 Å². The summed E-state index contributed by atoms with van der Waals surface area (Å²) in [6.45, 7) is 3.42. The zero-order chi connectivity index (χ0) is 21.1. The molecular formula is C19H16Cl3N5O2. The van der Waals surface area contributed by atoms with Crippen molar-refractivity contribution in [1.82, 2.24) is 15.0 Å². The third-order valence-electron chi connectivity index (χ3n) is 4.01. The van der Waals surface area contributed by atoms with Gasteiger partial charge in [-0.2, -0.15) is 0 Å². The largest absolute Gasteiger partial charge is 0.323 e. The Kier molecular flexibility index (Phi) is 6.42. The van der Waals surface area contributed by atoms with Crippen LogP contribution in [0.25, 0.3) is 0 Å². The molecule has 10 heteroatoms. The molecular weight excluding hydrogens is 437 g/mol. The van der Waals surface area contributed by atoms with Gasteiger partial charge in [-0.3, -0.25) is 9.59 Å². The van der Waals surface area contributed by atoms with Crippen LogP contribution in [0.1, 0.15) is 21.7 Å². The number of anilines is 2. The van der Waals surface area contributed by atoms with Crippen LogP contribution in [-0.2, 0) is 11.3 Å². The van der Waals surface area contributed by atoms with Crippen LogP contribution >= 0.6 is 34.8 Å². The zero-order valence-electron chi connectivity index (χ0n) is 15.5. The highest BCUT2D eigenvalue weighted by molar-refractivity contribution is 6.35. The molecule has 1 aromatic heterocycles. The highest BCUT2D eigenvalue weighted by Gasteiger charge is 2.19. The van der Waals surface area contributed by atoms with Crippen LogP contribution in [0.5, 0.6) is 0 Å². The molecule has 3 aromatic rings. The summed E-state index contributed by atoms with van der Waals surface area (Å²) in [5, 5.41) is 14.4. The summed E-state index contributed by atoms with van der Waals surface area (Å²) in [5.41, 5.74) is 2.42. The van der Waals surface area contributed by atoms with Crippen molar-refractivity contribution >= 4 is 58.0 Å². The molecule has 150 valence electrons. The SMILES string of the molecule is Cc1ccc(NC(=O)Cn2nnc(C(=O)Nc3cc(Cl)cc(Cl)c3)c2C)c(Cl)c1. The summed E-state index contributed by atoms with van der Waals surface area (Å²) in [6.07, 6.45) is 0. The van der Waals surface area contributed by atoms with Gasteiger partial charge in [0.15, 0.2) is 5.69 Å². The van der Waals surface area contributed by atoms with Gasteiger partial charge in [-0.25, -0.2) is 4.68 Å². The molecule has 7 nitrogen and oxygen atoms in total. The summed E-state index contributed by atoms with van der Waals surface area (Å²) in [7, 11) is 0. The summed E-state index contributed by atoms with van der Waals surface area (Å²) in [5.74, 6) is -0.841. The molecule has 0 atom stereocenters. The predicted molar refractivity (Wildman–Crippen MR) is 114 cm³/mol. The number of nitrogens with one attached hydrogen (secondary N) is 2. The molecule has 1 heterocycles. The van der Waals surface area contributed by atoms with E-state index in [1.807, 2.05) is 13.0 Å². The second-order valence-electron chi connectivity index (χ2n) is 6.32. The van der Waals surface area contributed by atoms with E-state index >= 15 is 0 Å². The molecule has 0 unspecified atom stereocenters. The lowest BCUT2D eigenvalue weighted by Gasteiger charge is -2.09. The fraction of sp³-hybridized carbons (Fsp3) is 0.158. The summed E-state index contributed by atoms with van der Waals surface area (Å²) >= 11 is 18.0. The minimum atomic E-state index is -0.492. The molecule has 2 amide bonds. The third-order valence-corrected chi connectivity index (χ3v) is 4.76. The van der Waals surface area contributed by atoms with Gasteiger partial charge in [0.05, 0.1) is 16.4 Å². The van der Waals surface area contributed by atoms with E-state index in [1.54, 1.807) is 37.3 Å². The standard InChI is InChI=1S/C19H16Cl3N5O2/c1-10-3-4-16(15(22)5-10)24-17(28)9-27-11(2)18(25-26-27)19(29)23-14-7-12(20)6-13(21)8-14/h3-8H,9H2,1-2H3,(H,23,29)(H,24,28). The van der Waals surface area contributed by atoms with Gasteiger partial charge >= 0.3 is 0 Å². The normalized spacial score (nSPS) is 10.7. The van der Waals surface area contributed by atoms with Crippen molar-refractivity contribution in [2.45, 2.75) is 20.4 Å². The lowest BCUT2D eigenvalue weighted by atomic mass is 10.2. The number of benzene rings is 2. The first-order chi connectivity index (χ1) is 13.7. The van der Waals surface area contributed by atoms with E-state index in [4.69, 9.17) is 34.8 Å². The maximum Gasteiger partial charge on any atom is 0.278 e. The van der Waals surface area contributed by atoms with Gasteiger partial charge in [0.1, 0.15) is 6.54 Å². The van der Waals surface area contributed by atoms with E-state index in [1.165, 1.54) is 4.68 Å².